The summed E-state index contributed by atoms with van der Waals surface area (Å²) in [7, 11) is 0. The summed E-state index contributed by atoms with van der Waals surface area (Å²) in [5, 5.41) is 3.57. The number of amides is 1. The van der Waals surface area contributed by atoms with Crippen molar-refractivity contribution in [2.75, 3.05) is 18.0 Å². The normalized spacial score (nSPS) is 17.8. The van der Waals surface area contributed by atoms with Crippen LogP contribution in [0, 0.1) is 12.8 Å². The number of benzene rings is 1. The Hall–Kier alpha value is -2.01. The van der Waals surface area contributed by atoms with Crippen LogP contribution in [0.3, 0.4) is 0 Å². The predicted octanol–water partition coefficient (Wildman–Crippen LogP) is 3.80. The van der Waals surface area contributed by atoms with Crippen LogP contribution >= 0.6 is 11.6 Å². The van der Waals surface area contributed by atoms with Crippen LogP contribution in [0.1, 0.15) is 41.6 Å². The Morgan fingerprint density at radius 2 is 2.33 bits per heavy atom. The number of rotatable bonds is 4. The first kappa shape index (κ1) is 16.8. The molecule has 0 radical (unpaired) electrons. The van der Waals surface area contributed by atoms with Gasteiger partial charge < -0.3 is 14.6 Å². The molecule has 1 amide bonds. The van der Waals surface area contributed by atoms with Gasteiger partial charge in [-0.15, -0.1) is 0 Å². The first-order valence-corrected chi connectivity index (χ1v) is 8.64. The molecule has 1 aromatic heterocycles. The summed E-state index contributed by atoms with van der Waals surface area (Å²) in [5.74, 6) is 0.964. The lowest BCUT2D eigenvalue weighted by Crippen LogP contribution is -2.34. The molecule has 1 N–H and O–H groups in total. The number of aryl methyl sites for hydroxylation is 1. The molecule has 128 valence electrons. The summed E-state index contributed by atoms with van der Waals surface area (Å²) in [6.45, 7) is 6.48. The summed E-state index contributed by atoms with van der Waals surface area (Å²) in [6, 6.07) is 5.98. The molecule has 1 fully saturated rings. The summed E-state index contributed by atoms with van der Waals surface area (Å²) in [4.78, 5) is 18.3. The zero-order valence-electron chi connectivity index (χ0n) is 14.0. The number of hydrogen-bond acceptors (Lipinski definition) is 4. The van der Waals surface area contributed by atoms with Crippen LogP contribution in [0.4, 0.5) is 5.69 Å². The topological polar surface area (TPSA) is 58.4 Å². The number of piperidine rings is 1. The fraction of sp³-hybridized carbons (Fsp3) is 0.444. The van der Waals surface area contributed by atoms with E-state index in [0.717, 1.165) is 29.4 Å². The highest BCUT2D eigenvalue weighted by molar-refractivity contribution is 6.33. The van der Waals surface area contributed by atoms with Crippen molar-refractivity contribution in [3.63, 3.8) is 0 Å². The van der Waals surface area contributed by atoms with Gasteiger partial charge in [-0.3, -0.25) is 4.79 Å². The number of nitrogens with one attached hydrogen (secondary N) is 1. The third-order valence-corrected chi connectivity index (χ3v) is 4.73. The van der Waals surface area contributed by atoms with Gasteiger partial charge in [-0.05, 0) is 43.4 Å². The van der Waals surface area contributed by atoms with Crippen LogP contribution in [-0.4, -0.2) is 24.0 Å². The van der Waals surface area contributed by atoms with Crippen LogP contribution in [-0.2, 0) is 6.54 Å². The van der Waals surface area contributed by atoms with Gasteiger partial charge in [0.25, 0.3) is 5.91 Å². The molecule has 0 aliphatic carbocycles. The van der Waals surface area contributed by atoms with Crippen LogP contribution < -0.4 is 10.2 Å². The Balaban J connectivity index is 1.64. The Labute approximate surface area is 147 Å². The van der Waals surface area contributed by atoms with Crippen molar-refractivity contribution in [1.82, 2.24) is 10.3 Å². The van der Waals surface area contributed by atoms with Gasteiger partial charge in [0, 0.05) is 19.6 Å². The molecule has 0 saturated carbocycles. The summed E-state index contributed by atoms with van der Waals surface area (Å²) in [5.41, 5.74) is 2.36. The third kappa shape index (κ3) is 3.73. The van der Waals surface area contributed by atoms with Crippen molar-refractivity contribution in [3.05, 3.63) is 46.6 Å². The second kappa shape index (κ2) is 7.26. The standard InChI is InChI=1S/C18H22ClN3O2/c1-12-4-3-7-22(10-12)16-6-5-14(8-15(16)19)9-20-18(23)17-13(2)24-11-21-17/h5-6,8,11-12H,3-4,7,9-10H2,1-2H3,(H,20,23)/t12-/m0/s1. The quantitative estimate of drug-likeness (QED) is 0.913. The maximum absolute atomic E-state index is 12.1. The predicted molar refractivity (Wildman–Crippen MR) is 94.5 cm³/mol. The van der Waals surface area contributed by atoms with E-state index in [1.807, 2.05) is 18.2 Å². The molecular formula is C18H22ClN3O2. The van der Waals surface area contributed by atoms with E-state index >= 15 is 0 Å². The minimum atomic E-state index is -0.244. The first-order chi connectivity index (χ1) is 11.5. The molecule has 0 bridgehead atoms. The molecule has 1 atom stereocenters. The number of oxazole rings is 1. The second-order valence-electron chi connectivity index (χ2n) is 6.42. The first-order valence-electron chi connectivity index (χ1n) is 8.26. The minimum absolute atomic E-state index is 0.244. The Morgan fingerprint density at radius 3 is 3.00 bits per heavy atom. The molecule has 0 spiro atoms. The number of aromatic nitrogens is 1. The molecule has 1 aliphatic rings. The maximum atomic E-state index is 12.1. The fourth-order valence-corrected chi connectivity index (χ4v) is 3.44. The van der Waals surface area contributed by atoms with Gasteiger partial charge in [0.15, 0.2) is 12.1 Å². The Kier molecular flexibility index (Phi) is 5.09. The second-order valence-corrected chi connectivity index (χ2v) is 6.83. The number of halogens is 1. The monoisotopic (exact) mass is 347 g/mol. The smallest absolute Gasteiger partial charge is 0.273 e. The SMILES string of the molecule is Cc1ocnc1C(=O)NCc1ccc(N2CCC[C@H](C)C2)c(Cl)c1. The highest BCUT2D eigenvalue weighted by Gasteiger charge is 2.19. The molecule has 1 aliphatic heterocycles. The molecule has 5 nitrogen and oxygen atoms in total. The average molecular weight is 348 g/mol. The number of carbonyl (C=O) groups excluding carboxylic acids is 1. The number of hydrogen-bond donors (Lipinski definition) is 1. The van der Waals surface area contributed by atoms with Crippen LogP contribution in [0.5, 0.6) is 0 Å². The molecule has 6 heteroatoms. The molecule has 24 heavy (non-hydrogen) atoms. The van der Waals surface area contributed by atoms with Crippen molar-refractivity contribution in [3.8, 4) is 0 Å². The third-order valence-electron chi connectivity index (χ3n) is 4.42. The molecule has 1 aromatic carbocycles. The lowest BCUT2D eigenvalue weighted by atomic mass is 9.99. The molecule has 0 unspecified atom stereocenters. The van der Waals surface area contributed by atoms with Crippen molar-refractivity contribution < 1.29 is 9.21 Å². The van der Waals surface area contributed by atoms with Crippen LogP contribution in [0.15, 0.2) is 29.0 Å². The molecular weight excluding hydrogens is 326 g/mol. The van der Waals surface area contributed by atoms with Gasteiger partial charge in [-0.25, -0.2) is 4.98 Å². The minimum Gasteiger partial charge on any atom is -0.448 e. The zero-order chi connectivity index (χ0) is 17.1. The van der Waals surface area contributed by atoms with E-state index in [2.05, 4.69) is 22.1 Å². The van der Waals surface area contributed by atoms with E-state index in [1.54, 1.807) is 6.92 Å². The van der Waals surface area contributed by atoms with Crippen LogP contribution in [0.25, 0.3) is 0 Å². The lowest BCUT2D eigenvalue weighted by molar-refractivity contribution is 0.0945. The van der Waals surface area contributed by atoms with Gasteiger partial charge in [-0.1, -0.05) is 24.6 Å². The van der Waals surface area contributed by atoms with Crippen molar-refractivity contribution in [2.24, 2.45) is 5.92 Å². The summed E-state index contributed by atoms with van der Waals surface area (Å²) < 4.78 is 5.05. The van der Waals surface area contributed by atoms with Gasteiger partial charge >= 0.3 is 0 Å². The summed E-state index contributed by atoms with van der Waals surface area (Å²) >= 11 is 6.47. The molecule has 2 aromatic rings. The van der Waals surface area contributed by atoms with E-state index in [1.165, 1.54) is 19.2 Å². The number of carbonyl (C=O) groups is 1. The van der Waals surface area contributed by atoms with Crippen molar-refractivity contribution in [1.29, 1.82) is 0 Å². The van der Waals surface area contributed by atoms with Gasteiger partial charge in [0.05, 0.1) is 10.7 Å². The molecule has 2 heterocycles. The van der Waals surface area contributed by atoms with Crippen LogP contribution in [0.2, 0.25) is 5.02 Å². The Morgan fingerprint density at radius 1 is 1.50 bits per heavy atom. The van der Waals surface area contributed by atoms with Gasteiger partial charge in [0.1, 0.15) is 5.76 Å². The summed E-state index contributed by atoms with van der Waals surface area (Å²) in [6.07, 6.45) is 3.75. The van der Waals surface area contributed by atoms with Crippen molar-refractivity contribution >= 4 is 23.2 Å². The number of nitrogens with zero attached hydrogens (tertiary/aromatic N) is 2. The van der Waals surface area contributed by atoms with Gasteiger partial charge in [0.2, 0.25) is 0 Å². The lowest BCUT2D eigenvalue weighted by Gasteiger charge is -2.33. The van der Waals surface area contributed by atoms with Gasteiger partial charge in [-0.2, -0.15) is 0 Å². The number of anilines is 1. The zero-order valence-corrected chi connectivity index (χ0v) is 14.8. The average Bonchev–Trinajstić information content (AvgIpc) is 2.99. The highest BCUT2D eigenvalue weighted by Crippen LogP contribution is 2.30. The van der Waals surface area contributed by atoms with Crippen molar-refractivity contribution in [2.45, 2.75) is 33.2 Å². The van der Waals surface area contributed by atoms with E-state index in [4.69, 9.17) is 16.0 Å². The van der Waals surface area contributed by atoms with E-state index in [-0.39, 0.29) is 5.91 Å². The Bertz CT molecular complexity index is 729. The molecule has 1 saturated heterocycles. The van der Waals surface area contributed by atoms with E-state index in [9.17, 15) is 4.79 Å². The van der Waals surface area contributed by atoms with E-state index in [0.29, 0.717) is 23.9 Å². The molecule has 3 rings (SSSR count). The van der Waals surface area contributed by atoms with E-state index < -0.39 is 0 Å². The maximum Gasteiger partial charge on any atom is 0.273 e. The largest absolute Gasteiger partial charge is 0.448 e. The highest BCUT2D eigenvalue weighted by atomic mass is 35.5. The fourth-order valence-electron chi connectivity index (χ4n) is 3.11.